The van der Waals surface area contributed by atoms with E-state index < -0.39 is 0 Å². The summed E-state index contributed by atoms with van der Waals surface area (Å²) in [4.78, 5) is 4.80. The molecular formula is C33H46N2. The third kappa shape index (κ3) is 4.60. The molecule has 0 bridgehead atoms. The summed E-state index contributed by atoms with van der Waals surface area (Å²) in [5, 5.41) is 0. The molecule has 2 heteroatoms. The van der Waals surface area contributed by atoms with Crippen molar-refractivity contribution in [1.82, 2.24) is 0 Å². The van der Waals surface area contributed by atoms with Crippen molar-refractivity contribution in [1.29, 1.82) is 0 Å². The van der Waals surface area contributed by atoms with Crippen LogP contribution in [0.1, 0.15) is 83.9 Å². The van der Waals surface area contributed by atoms with E-state index in [1.54, 1.807) is 5.56 Å². The van der Waals surface area contributed by atoms with E-state index in [0.29, 0.717) is 11.0 Å². The Hall–Kier alpha value is -2.74. The first-order valence-electron chi connectivity index (χ1n) is 13.7. The highest BCUT2D eigenvalue weighted by molar-refractivity contribution is 5.73. The Morgan fingerprint density at radius 3 is 1.63 bits per heavy atom. The van der Waals surface area contributed by atoms with Crippen LogP contribution in [0, 0.1) is 0 Å². The van der Waals surface area contributed by atoms with Gasteiger partial charge in [0.2, 0.25) is 0 Å². The number of benzene rings is 3. The lowest BCUT2D eigenvalue weighted by Crippen LogP contribution is -2.55. The molecule has 3 aliphatic rings. The molecule has 1 aliphatic carbocycles. The Bertz CT molecular complexity index is 1060. The lowest BCUT2D eigenvalue weighted by Gasteiger charge is -2.49. The maximum Gasteiger partial charge on any atom is 0.0465 e. The first kappa shape index (κ1) is 26.9. The SMILES string of the molecule is CC.CC.CN1c2ccccc2C2(C)CCCCC12C.CN1c2ccccc2Cc2ccccc21. The minimum Gasteiger partial charge on any atom is -0.368 e. The van der Waals surface area contributed by atoms with Gasteiger partial charge in [0.05, 0.1) is 0 Å². The van der Waals surface area contributed by atoms with Crippen LogP contribution in [-0.2, 0) is 11.8 Å². The minimum absolute atomic E-state index is 0.328. The Kier molecular flexibility index (Phi) is 8.70. The molecule has 6 rings (SSSR count). The summed E-state index contributed by atoms with van der Waals surface area (Å²) in [6.45, 7) is 12.9. The smallest absolute Gasteiger partial charge is 0.0465 e. The zero-order chi connectivity index (χ0) is 25.6. The summed E-state index contributed by atoms with van der Waals surface area (Å²) in [6.07, 6.45) is 6.48. The Balaban J connectivity index is 0.000000172. The van der Waals surface area contributed by atoms with E-state index in [9.17, 15) is 0 Å². The van der Waals surface area contributed by atoms with Crippen molar-refractivity contribution in [2.75, 3.05) is 23.9 Å². The van der Waals surface area contributed by atoms with Gasteiger partial charge in [-0.05, 0) is 54.7 Å². The van der Waals surface area contributed by atoms with Gasteiger partial charge in [-0.3, -0.25) is 0 Å². The lowest BCUT2D eigenvalue weighted by atomic mass is 9.62. The highest BCUT2D eigenvalue weighted by atomic mass is 15.2. The Morgan fingerprint density at radius 2 is 1.06 bits per heavy atom. The van der Waals surface area contributed by atoms with Gasteiger partial charge in [0, 0.05) is 48.5 Å². The summed E-state index contributed by atoms with van der Waals surface area (Å²) in [6, 6.07) is 26.2. The van der Waals surface area contributed by atoms with Crippen molar-refractivity contribution in [3.05, 3.63) is 89.5 Å². The molecule has 1 fully saturated rings. The van der Waals surface area contributed by atoms with Crippen LogP contribution in [0.5, 0.6) is 0 Å². The van der Waals surface area contributed by atoms with Crippen LogP contribution in [0.2, 0.25) is 0 Å². The number of hydrogen-bond acceptors (Lipinski definition) is 2. The molecule has 2 nitrogen and oxygen atoms in total. The van der Waals surface area contributed by atoms with Gasteiger partial charge >= 0.3 is 0 Å². The van der Waals surface area contributed by atoms with Gasteiger partial charge in [-0.25, -0.2) is 0 Å². The number of likely N-dealkylation sites (N-methyl/N-ethyl adjacent to an activating group) is 1. The van der Waals surface area contributed by atoms with Gasteiger partial charge < -0.3 is 9.80 Å². The molecule has 0 amide bonds. The molecule has 2 aliphatic heterocycles. The average Bonchev–Trinajstić information content (AvgIpc) is 3.10. The van der Waals surface area contributed by atoms with Gasteiger partial charge in [-0.2, -0.15) is 0 Å². The number of rotatable bonds is 0. The zero-order valence-corrected chi connectivity index (χ0v) is 23.4. The van der Waals surface area contributed by atoms with Crippen LogP contribution < -0.4 is 9.80 Å². The molecule has 1 saturated carbocycles. The van der Waals surface area contributed by atoms with Crippen molar-refractivity contribution in [2.45, 2.75) is 84.6 Å². The fourth-order valence-electron chi connectivity index (χ4n) is 6.26. The fraction of sp³-hybridized carbons (Fsp3) is 0.455. The van der Waals surface area contributed by atoms with Crippen molar-refractivity contribution < 1.29 is 0 Å². The van der Waals surface area contributed by atoms with Crippen LogP contribution in [-0.4, -0.2) is 19.6 Å². The highest BCUT2D eigenvalue weighted by Crippen LogP contribution is 2.57. The van der Waals surface area contributed by atoms with Crippen molar-refractivity contribution in [3.63, 3.8) is 0 Å². The van der Waals surface area contributed by atoms with Gasteiger partial charge in [-0.15, -0.1) is 0 Å². The Morgan fingerprint density at radius 1 is 0.600 bits per heavy atom. The molecular weight excluding hydrogens is 424 g/mol. The van der Waals surface area contributed by atoms with Gasteiger partial charge in [0.1, 0.15) is 0 Å². The van der Waals surface area contributed by atoms with Crippen LogP contribution >= 0.6 is 0 Å². The molecule has 3 aromatic rings. The number of fused-ring (bicyclic) bond motifs is 5. The molecule has 0 radical (unpaired) electrons. The second-order valence-electron chi connectivity index (χ2n) is 9.88. The normalized spacial score (nSPS) is 23.0. The van der Waals surface area contributed by atoms with Crippen LogP contribution in [0.25, 0.3) is 0 Å². The first-order chi connectivity index (χ1) is 17.0. The maximum atomic E-state index is 2.53. The predicted molar refractivity (Wildman–Crippen MR) is 156 cm³/mol. The van der Waals surface area contributed by atoms with E-state index in [1.165, 1.54) is 53.9 Å². The lowest BCUT2D eigenvalue weighted by molar-refractivity contribution is 0.189. The first-order valence-corrected chi connectivity index (χ1v) is 13.7. The third-order valence-electron chi connectivity index (χ3n) is 8.47. The highest BCUT2D eigenvalue weighted by Gasteiger charge is 2.55. The molecule has 0 N–H and O–H groups in total. The monoisotopic (exact) mass is 470 g/mol. The summed E-state index contributed by atoms with van der Waals surface area (Å²) >= 11 is 0. The fourth-order valence-corrected chi connectivity index (χ4v) is 6.26. The van der Waals surface area contributed by atoms with Gasteiger partial charge in [0.15, 0.2) is 0 Å². The number of anilines is 3. The van der Waals surface area contributed by atoms with Crippen LogP contribution in [0.3, 0.4) is 0 Å². The molecule has 0 saturated heterocycles. The second kappa shape index (κ2) is 11.3. The van der Waals surface area contributed by atoms with E-state index >= 15 is 0 Å². The van der Waals surface area contributed by atoms with E-state index in [4.69, 9.17) is 0 Å². The molecule has 2 unspecified atom stereocenters. The van der Waals surface area contributed by atoms with Crippen molar-refractivity contribution in [3.8, 4) is 0 Å². The number of hydrogen-bond donors (Lipinski definition) is 0. The van der Waals surface area contributed by atoms with Gasteiger partial charge in [-0.1, -0.05) is 102 Å². The maximum absolute atomic E-state index is 2.53. The summed E-state index contributed by atoms with van der Waals surface area (Å²) in [7, 11) is 4.41. The van der Waals surface area contributed by atoms with E-state index in [2.05, 4.69) is 111 Å². The van der Waals surface area contributed by atoms with Gasteiger partial charge in [0.25, 0.3) is 0 Å². The second-order valence-corrected chi connectivity index (χ2v) is 9.88. The average molecular weight is 471 g/mol. The third-order valence-corrected chi connectivity index (χ3v) is 8.47. The largest absolute Gasteiger partial charge is 0.368 e. The van der Waals surface area contributed by atoms with Crippen LogP contribution in [0.4, 0.5) is 17.1 Å². The molecule has 188 valence electrons. The van der Waals surface area contributed by atoms with Crippen LogP contribution in [0.15, 0.2) is 72.8 Å². The summed E-state index contributed by atoms with van der Waals surface area (Å²) in [5.41, 5.74) is 9.20. The van der Waals surface area contributed by atoms with E-state index in [0.717, 1.165) is 6.42 Å². The van der Waals surface area contributed by atoms with Crippen molar-refractivity contribution in [2.24, 2.45) is 0 Å². The Labute approximate surface area is 215 Å². The molecule has 35 heavy (non-hydrogen) atoms. The number of nitrogens with zero attached hydrogens (tertiary/aromatic N) is 2. The zero-order valence-electron chi connectivity index (χ0n) is 23.4. The quantitative estimate of drug-likeness (QED) is 0.323. The predicted octanol–water partition coefficient (Wildman–Crippen LogP) is 9.14. The van der Waals surface area contributed by atoms with E-state index in [1.807, 2.05) is 27.7 Å². The van der Waals surface area contributed by atoms with Crippen molar-refractivity contribution >= 4 is 17.1 Å². The molecule has 2 atom stereocenters. The molecule has 2 heterocycles. The van der Waals surface area contributed by atoms with E-state index in [-0.39, 0.29) is 0 Å². The standard InChI is InChI=1S/C15H21N.C14H13N.2C2H6/c1-14-10-6-7-11-15(14,2)16(3)13-9-5-4-8-12(13)14;1-15-13-8-4-2-6-11(13)10-12-7-3-5-9-14(12)15;2*1-2/h4-5,8-9H,6-7,10-11H2,1-3H3;2-9H,10H2,1H3;2*1-2H3. The summed E-state index contributed by atoms with van der Waals surface area (Å²) in [5.74, 6) is 0. The minimum atomic E-state index is 0.328. The summed E-state index contributed by atoms with van der Waals surface area (Å²) < 4.78 is 0. The molecule has 0 spiro atoms. The molecule has 0 aromatic heterocycles. The topological polar surface area (TPSA) is 6.48 Å². The number of para-hydroxylation sites is 3. The molecule has 3 aromatic carbocycles.